The van der Waals surface area contributed by atoms with E-state index in [2.05, 4.69) is 10.6 Å². The molecule has 2 N–H and O–H groups in total. The summed E-state index contributed by atoms with van der Waals surface area (Å²) in [6, 6.07) is 10.4. The van der Waals surface area contributed by atoms with Crippen molar-refractivity contribution in [1.82, 2.24) is 0 Å². The van der Waals surface area contributed by atoms with Gasteiger partial charge in [0.25, 0.3) is 11.8 Å². The van der Waals surface area contributed by atoms with E-state index in [1.807, 2.05) is 0 Å². The summed E-state index contributed by atoms with van der Waals surface area (Å²) >= 11 is 0. The van der Waals surface area contributed by atoms with E-state index in [1.54, 1.807) is 0 Å². The Kier molecular flexibility index (Phi) is 7.48. The molecule has 0 unspecified atom stereocenters. The first-order chi connectivity index (χ1) is 16.6. The average Bonchev–Trinajstić information content (AvgIpc) is 2.83. The van der Waals surface area contributed by atoms with Crippen molar-refractivity contribution in [3.8, 4) is 17.2 Å². The summed E-state index contributed by atoms with van der Waals surface area (Å²) in [5.74, 6) is -2.19. The largest absolute Gasteiger partial charge is 0.496 e. The highest BCUT2D eigenvalue weighted by atomic mass is 19.4. The smallest absolute Gasteiger partial charge is 0.418 e. The standard InChI is InChI=1S/C24H20F4N2O5/c1-33-19-12-21(35-3)20(34-2)11-15(19)23(32)30-18-9-8-13(10-16(18)24(26,27)28)29-22(31)14-6-4-5-7-17(14)25/h4-12H,1-3H3,(H,29,31)(H,30,32). The molecule has 3 aromatic rings. The van der Waals surface area contributed by atoms with Gasteiger partial charge in [0.1, 0.15) is 11.6 Å². The molecule has 0 aliphatic rings. The van der Waals surface area contributed by atoms with E-state index < -0.39 is 35.1 Å². The van der Waals surface area contributed by atoms with E-state index in [0.29, 0.717) is 6.07 Å². The number of ether oxygens (including phenoxy) is 3. The third kappa shape index (κ3) is 5.62. The van der Waals surface area contributed by atoms with Gasteiger partial charge in [-0.1, -0.05) is 12.1 Å². The lowest BCUT2D eigenvalue weighted by Gasteiger charge is -2.17. The number of nitrogens with one attached hydrogen (secondary N) is 2. The van der Waals surface area contributed by atoms with Crippen LogP contribution in [0.2, 0.25) is 0 Å². The van der Waals surface area contributed by atoms with Gasteiger partial charge in [0, 0.05) is 17.8 Å². The van der Waals surface area contributed by atoms with Crippen LogP contribution in [0.1, 0.15) is 26.3 Å². The van der Waals surface area contributed by atoms with Gasteiger partial charge in [0.2, 0.25) is 0 Å². The Morgan fingerprint density at radius 3 is 1.94 bits per heavy atom. The van der Waals surface area contributed by atoms with Gasteiger partial charge in [0.05, 0.1) is 43.7 Å². The van der Waals surface area contributed by atoms with Crippen LogP contribution in [-0.4, -0.2) is 33.1 Å². The van der Waals surface area contributed by atoms with E-state index in [4.69, 9.17) is 14.2 Å². The van der Waals surface area contributed by atoms with Gasteiger partial charge in [-0.2, -0.15) is 13.2 Å². The molecule has 3 rings (SSSR count). The molecular formula is C24H20F4N2O5. The number of rotatable bonds is 7. The summed E-state index contributed by atoms with van der Waals surface area (Å²) in [7, 11) is 3.99. The minimum atomic E-state index is -4.89. The number of amides is 2. The van der Waals surface area contributed by atoms with Crippen LogP contribution in [0.25, 0.3) is 0 Å². The zero-order valence-corrected chi connectivity index (χ0v) is 18.7. The van der Waals surface area contributed by atoms with Gasteiger partial charge in [-0.05, 0) is 30.3 Å². The second-order valence-corrected chi connectivity index (χ2v) is 7.05. The fraction of sp³-hybridized carbons (Fsp3) is 0.167. The third-order valence-electron chi connectivity index (χ3n) is 4.90. The fourth-order valence-electron chi connectivity index (χ4n) is 3.21. The molecule has 0 bridgehead atoms. The molecule has 3 aromatic carbocycles. The molecule has 0 saturated carbocycles. The van der Waals surface area contributed by atoms with Crippen LogP contribution in [0.4, 0.5) is 28.9 Å². The Hall–Kier alpha value is -4.28. The predicted octanol–water partition coefficient (Wildman–Crippen LogP) is 5.37. The second kappa shape index (κ2) is 10.3. The van der Waals surface area contributed by atoms with Crippen LogP contribution in [-0.2, 0) is 6.18 Å². The molecule has 0 saturated heterocycles. The van der Waals surface area contributed by atoms with Gasteiger partial charge in [-0.3, -0.25) is 9.59 Å². The van der Waals surface area contributed by atoms with E-state index in [-0.39, 0.29) is 34.1 Å². The monoisotopic (exact) mass is 492 g/mol. The van der Waals surface area contributed by atoms with Crippen molar-refractivity contribution in [1.29, 1.82) is 0 Å². The van der Waals surface area contributed by atoms with Crippen molar-refractivity contribution in [3.05, 3.63) is 77.1 Å². The Morgan fingerprint density at radius 2 is 1.34 bits per heavy atom. The first-order valence-corrected chi connectivity index (χ1v) is 9.97. The van der Waals surface area contributed by atoms with Crippen LogP contribution in [0.15, 0.2) is 54.6 Å². The average molecular weight is 492 g/mol. The number of carbonyl (C=O) groups is 2. The van der Waals surface area contributed by atoms with E-state index in [1.165, 1.54) is 51.7 Å². The van der Waals surface area contributed by atoms with Crippen molar-refractivity contribution in [2.24, 2.45) is 0 Å². The number of alkyl halides is 3. The topological polar surface area (TPSA) is 85.9 Å². The van der Waals surface area contributed by atoms with E-state index in [0.717, 1.165) is 18.2 Å². The Bertz CT molecular complexity index is 1260. The molecule has 35 heavy (non-hydrogen) atoms. The number of carbonyl (C=O) groups excluding carboxylic acids is 2. The number of benzene rings is 3. The number of hydrogen-bond acceptors (Lipinski definition) is 5. The summed E-state index contributed by atoms with van der Waals surface area (Å²) in [6.45, 7) is 0. The number of halogens is 4. The van der Waals surface area contributed by atoms with Crippen LogP contribution in [0.5, 0.6) is 17.2 Å². The Balaban J connectivity index is 1.94. The third-order valence-corrected chi connectivity index (χ3v) is 4.90. The zero-order chi connectivity index (χ0) is 25.8. The molecule has 0 heterocycles. The highest BCUT2D eigenvalue weighted by molar-refractivity contribution is 6.08. The molecule has 184 valence electrons. The van der Waals surface area contributed by atoms with E-state index in [9.17, 15) is 27.2 Å². The van der Waals surface area contributed by atoms with Gasteiger partial charge < -0.3 is 24.8 Å². The minimum Gasteiger partial charge on any atom is -0.496 e. The van der Waals surface area contributed by atoms with Crippen molar-refractivity contribution in [2.75, 3.05) is 32.0 Å². The highest BCUT2D eigenvalue weighted by Gasteiger charge is 2.35. The number of anilines is 2. The summed E-state index contributed by atoms with van der Waals surface area (Å²) in [5, 5.41) is 4.44. The minimum absolute atomic E-state index is 0.0440. The molecule has 0 aromatic heterocycles. The molecule has 7 nitrogen and oxygen atoms in total. The van der Waals surface area contributed by atoms with Crippen LogP contribution >= 0.6 is 0 Å². The van der Waals surface area contributed by atoms with Gasteiger partial charge in [-0.15, -0.1) is 0 Å². The fourth-order valence-corrected chi connectivity index (χ4v) is 3.21. The SMILES string of the molecule is COc1cc(OC)c(C(=O)Nc2ccc(NC(=O)c3ccccc3F)cc2C(F)(F)F)cc1OC. The summed E-state index contributed by atoms with van der Waals surface area (Å²) in [4.78, 5) is 25.1. The highest BCUT2D eigenvalue weighted by Crippen LogP contribution is 2.38. The van der Waals surface area contributed by atoms with Crippen molar-refractivity contribution in [3.63, 3.8) is 0 Å². The molecule has 0 atom stereocenters. The maximum absolute atomic E-state index is 13.8. The Morgan fingerprint density at radius 1 is 0.743 bits per heavy atom. The van der Waals surface area contributed by atoms with Crippen LogP contribution in [0.3, 0.4) is 0 Å². The summed E-state index contributed by atoms with van der Waals surface area (Å²) in [5.41, 5.74) is -2.47. The molecule has 0 fully saturated rings. The van der Waals surface area contributed by atoms with E-state index >= 15 is 0 Å². The van der Waals surface area contributed by atoms with Gasteiger partial charge in [-0.25, -0.2) is 4.39 Å². The quantitative estimate of drug-likeness (QED) is 0.433. The van der Waals surface area contributed by atoms with Crippen molar-refractivity contribution < 1.29 is 41.4 Å². The molecule has 2 amide bonds. The number of methoxy groups -OCH3 is 3. The zero-order valence-electron chi connectivity index (χ0n) is 18.7. The molecule has 0 radical (unpaired) electrons. The normalized spacial score (nSPS) is 10.9. The molecular weight excluding hydrogens is 472 g/mol. The lowest BCUT2D eigenvalue weighted by molar-refractivity contribution is -0.136. The lowest BCUT2D eigenvalue weighted by atomic mass is 10.1. The molecule has 0 aliphatic heterocycles. The second-order valence-electron chi connectivity index (χ2n) is 7.05. The molecule has 0 spiro atoms. The maximum Gasteiger partial charge on any atom is 0.418 e. The van der Waals surface area contributed by atoms with Gasteiger partial charge >= 0.3 is 6.18 Å². The van der Waals surface area contributed by atoms with Crippen LogP contribution < -0.4 is 24.8 Å². The van der Waals surface area contributed by atoms with Crippen LogP contribution in [0, 0.1) is 5.82 Å². The van der Waals surface area contributed by atoms with Crippen molar-refractivity contribution in [2.45, 2.75) is 6.18 Å². The number of hydrogen-bond donors (Lipinski definition) is 2. The van der Waals surface area contributed by atoms with Crippen molar-refractivity contribution >= 4 is 23.2 Å². The molecule has 0 aliphatic carbocycles. The summed E-state index contributed by atoms with van der Waals surface area (Å²) in [6.07, 6.45) is -4.89. The first kappa shape index (κ1) is 25.3. The maximum atomic E-state index is 13.8. The lowest BCUT2D eigenvalue weighted by Crippen LogP contribution is -2.19. The van der Waals surface area contributed by atoms with Gasteiger partial charge in [0.15, 0.2) is 11.5 Å². The predicted molar refractivity (Wildman–Crippen MR) is 120 cm³/mol. The molecule has 11 heteroatoms. The Labute approximate surface area is 197 Å². The summed E-state index contributed by atoms with van der Waals surface area (Å²) < 4.78 is 70.6. The first-order valence-electron chi connectivity index (χ1n) is 9.97.